The fraction of sp³-hybridized carbons (Fsp3) is 0.0667. The molecule has 0 aliphatic heterocycles. The quantitative estimate of drug-likeness (QED) is 0.740. The molecule has 2 heterocycles. The van der Waals surface area contributed by atoms with Crippen molar-refractivity contribution in [1.29, 1.82) is 0 Å². The third kappa shape index (κ3) is 3.24. The number of alkyl halides is 3. The second kappa shape index (κ2) is 6.11. The second-order valence-corrected chi connectivity index (χ2v) is 4.66. The van der Waals surface area contributed by atoms with Crippen LogP contribution in [0.4, 0.5) is 18.9 Å². The molecule has 6 nitrogen and oxygen atoms in total. The van der Waals surface area contributed by atoms with Crippen molar-refractivity contribution in [2.24, 2.45) is 0 Å². The molecule has 0 fully saturated rings. The summed E-state index contributed by atoms with van der Waals surface area (Å²) in [7, 11) is 0. The van der Waals surface area contributed by atoms with Gasteiger partial charge in [0, 0.05) is 30.5 Å². The van der Waals surface area contributed by atoms with Crippen LogP contribution in [-0.4, -0.2) is 19.9 Å². The standard InChI is InChI=1S/C15H10F3N5O/c16-15(17,18)10-7-9(19)1-2-12(10)24-14-13(22-5-6-23-14)11-8-20-3-4-21-11/h1-8H,19H2. The lowest BCUT2D eigenvalue weighted by atomic mass is 10.1. The molecule has 0 unspecified atom stereocenters. The zero-order valence-corrected chi connectivity index (χ0v) is 12.0. The van der Waals surface area contributed by atoms with Crippen molar-refractivity contribution in [3.05, 3.63) is 54.7 Å². The maximum atomic E-state index is 13.2. The third-order valence-electron chi connectivity index (χ3n) is 2.99. The highest BCUT2D eigenvalue weighted by molar-refractivity contribution is 5.60. The molecular formula is C15H10F3N5O. The van der Waals surface area contributed by atoms with Gasteiger partial charge in [0.15, 0.2) is 5.69 Å². The summed E-state index contributed by atoms with van der Waals surface area (Å²) in [6.45, 7) is 0. The molecule has 24 heavy (non-hydrogen) atoms. The lowest BCUT2D eigenvalue weighted by Crippen LogP contribution is -2.08. The summed E-state index contributed by atoms with van der Waals surface area (Å²) in [5, 5.41) is 0. The van der Waals surface area contributed by atoms with Crippen molar-refractivity contribution in [3.8, 4) is 23.0 Å². The van der Waals surface area contributed by atoms with E-state index in [0.29, 0.717) is 5.69 Å². The van der Waals surface area contributed by atoms with Gasteiger partial charge in [-0.3, -0.25) is 9.97 Å². The summed E-state index contributed by atoms with van der Waals surface area (Å²) in [6, 6.07) is 3.24. The van der Waals surface area contributed by atoms with Gasteiger partial charge in [0.2, 0.25) is 5.88 Å². The van der Waals surface area contributed by atoms with E-state index in [1.807, 2.05) is 0 Å². The Morgan fingerprint density at radius 1 is 0.958 bits per heavy atom. The summed E-state index contributed by atoms with van der Waals surface area (Å²) in [5.74, 6) is -0.546. The number of ether oxygens (including phenoxy) is 1. The minimum absolute atomic E-state index is 0.0250. The second-order valence-electron chi connectivity index (χ2n) is 4.66. The number of anilines is 1. The van der Waals surface area contributed by atoms with Gasteiger partial charge in [0.25, 0.3) is 0 Å². The van der Waals surface area contributed by atoms with Gasteiger partial charge >= 0.3 is 6.18 Å². The number of benzene rings is 1. The first kappa shape index (κ1) is 15.7. The molecule has 0 saturated heterocycles. The van der Waals surface area contributed by atoms with E-state index in [1.54, 1.807) is 0 Å². The van der Waals surface area contributed by atoms with Crippen LogP contribution in [0.3, 0.4) is 0 Å². The molecule has 0 radical (unpaired) electrons. The van der Waals surface area contributed by atoms with Crippen molar-refractivity contribution < 1.29 is 17.9 Å². The average molecular weight is 333 g/mol. The van der Waals surface area contributed by atoms with Gasteiger partial charge in [0.1, 0.15) is 17.0 Å². The van der Waals surface area contributed by atoms with Crippen molar-refractivity contribution in [3.63, 3.8) is 0 Å². The minimum atomic E-state index is -4.63. The molecule has 0 amide bonds. The molecule has 3 aromatic rings. The molecule has 0 atom stereocenters. The van der Waals surface area contributed by atoms with E-state index in [-0.39, 0.29) is 17.3 Å². The largest absolute Gasteiger partial charge is 0.436 e. The van der Waals surface area contributed by atoms with Gasteiger partial charge < -0.3 is 10.5 Å². The Kier molecular flexibility index (Phi) is 3.98. The molecule has 122 valence electrons. The van der Waals surface area contributed by atoms with E-state index < -0.39 is 17.5 Å². The van der Waals surface area contributed by atoms with Crippen molar-refractivity contribution >= 4 is 5.69 Å². The molecule has 0 aliphatic rings. The molecular weight excluding hydrogens is 323 g/mol. The third-order valence-corrected chi connectivity index (χ3v) is 2.99. The molecule has 3 rings (SSSR count). The van der Waals surface area contributed by atoms with Gasteiger partial charge in [-0.2, -0.15) is 13.2 Å². The van der Waals surface area contributed by atoms with Crippen LogP contribution in [0.25, 0.3) is 11.4 Å². The Hall–Kier alpha value is -3.23. The molecule has 0 bridgehead atoms. The summed E-state index contributed by atoms with van der Waals surface area (Å²) in [5.41, 5.74) is 4.91. The molecule has 9 heteroatoms. The maximum absolute atomic E-state index is 13.2. The molecule has 0 aliphatic carbocycles. The average Bonchev–Trinajstić information content (AvgIpc) is 2.57. The fourth-order valence-corrected chi connectivity index (χ4v) is 1.96. The van der Waals surface area contributed by atoms with Gasteiger partial charge in [0.05, 0.1) is 6.20 Å². The Morgan fingerprint density at radius 3 is 2.42 bits per heavy atom. The van der Waals surface area contributed by atoms with Crippen molar-refractivity contribution in [1.82, 2.24) is 19.9 Å². The van der Waals surface area contributed by atoms with E-state index in [1.165, 1.54) is 37.1 Å². The van der Waals surface area contributed by atoms with Gasteiger partial charge in [-0.15, -0.1) is 0 Å². The summed E-state index contributed by atoms with van der Waals surface area (Å²) < 4.78 is 44.8. The van der Waals surface area contributed by atoms with E-state index >= 15 is 0 Å². The first-order valence-corrected chi connectivity index (χ1v) is 6.67. The van der Waals surface area contributed by atoms with Crippen LogP contribution in [0.15, 0.2) is 49.2 Å². The number of hydrogen-bond acceptors (Lipinski definition) is 6. The van der Waals surface area contributed by atoms with E-state index in [4.69, 9.17) is 10.5 Å². The number of nitrogen functional groups attached to an aromatic ring is 1. The van der Waals surface area contributed by atoms with Crippen LogP contribution in [0.1, 0.15) is 5.56 Å². The lowest BCUT2D eigenvalue weighted by molar-refractivity contribution is -0.138. The lowest BCUT2D eigenvalue weighted by Gasteiger charge is -2.14. The van der Waals surface area contributed by atoms with Crippen LogP contribution in [-0.2, 0) is 6.18 Å². The minimum Gasteiger partial charge on any atom is -0.436 e. The van der Waals surface area contributed by atoms with Crippen LogP contribution in [0.2, 0.25) is 0 Å². The maximum Gasteiger partial charge on any atom is 0.420 e. The number of nitrogens with zero attached hydrogens (tertiary/aromatic N) is 4. The van der Waals surface area contributed by atoms with Crippen LogP contribution < -0.4 is 10.5 Å². The van der Waals surface area contributed by atoms with Crippen LogP contribution in [0.5, 0.6) is 11.6 Å². The first-order valence-electron chi connectivity index (χ1n) is 6.67. The molecule has 2 N–H and O–H groups in total. The Bertz CT molecular complexity index is 855. The monoisotopic (exact) mass is 333 g/mol. The molecule has 1 aromatic carbocycles. The molecule has 0 saturated carbocycles. The van der Waals surface area contributed by atoms with Crippen molar-refractivity contribution in [2.75, 3.05) is 5.73 Å². The van der Waals surface area contributed by atoms with Crippen molar-refractivity contribution in [2.45, 2.75) is 6.18 Å². The Labute approximate surface area is 134 Å². The number of halogens is 3. The molecule has 2 aromatic heterocycles. The number of rotatable bonds is 3. The Balaban J connectivity index is 2.05. The van der Waals surface area contributed by atoms with Crippen LogP contribution in [0, 0.1) is 0 Å². The van der Waals surface area contributed by atoms with Gasteiger partial charge in [-0.25, -0.2) is 9.97 Å². The SMILES string of the molecule is Nc1ccc(Oc2nccnc2-c2cnccn2)c(C(F)(F)F)c1. The summed E-state index contributed by atoms with van der Waals surface area (Å²) in [6.07, 6.45) is 2.36. The predicted octanol–water partition coefficient (Wildman–Crippen LogP) is 3.33. The Morgan fingerprint density at radius 2 is 1.71 bits per heavy atom. The first-order chi connectivity index (χ1) is 11.4. The van der Waals surface area contributed by atoms with Crippen LogP contribution >= 0.6 is 0 Å². The number of nitrogens with two attached hydrogens (primary N) is 1. The zero-order valence-electron chi connectivity index (χ0n) is 12.0. The van der Waals surface area contributed by atoms with E-state index in [9.17, 15) is 13.2 Å². The topological polar surface area (TPSA) is 86.8 Å². The normalized spacial score (nSPS) is 11.3. The fourth-order valence-electron chi connectivity index (χ4n) is 1.96. The van der Waals surface area contributed by atoms with E-state index in [2.05, 4.69) is 19.9 Å². The predicted molar refractivity (Wildman–Crippen MR) is 79.0 cm³/mol. The smallest absolute Gasteiger partial charge is 0.420 e. The van der Waals surface area contributed by atoms with Gasteiger partial charge in [-0.05, 0) is 18.2 Å². The van der Waals surface area contributed by atoms with Gasteiger partial charge in [-0.1, -0.05) is 0 Å². The van der Waals surface area contributed by atoms with E-state index in [0.717, 1.165) is 12.1 Å². The molecule has 0 spiro atoms. The highest BCUT2D eigenvalue weighted by atomic mass is 19.4. The number of aromatic nitrogens is 4. The highest BCUT2D eigenvalue weighted by Gasteiger charge is 2.35. The summed E-state index contributed by atoms with van der Waals surface area (Å²) in [4.78, 5) is 15.9. The highest BCUT2D eigenvalue weighted by Crippen LogP contribution is 2.40. The zero-order chi connectivity index (χ0) is 17.2. The summed E-state index contributed by atoms with van der Waals surface area (Å²) >= 11 is 0. The number of hydrogen-bond donors (Lipinski definition) is 1.